The molecule has 1 aliphatic rings. The smallest absolute Gasteiger partial charge is 0.286 e. The fourth-order valence-electron chi connectivity index (χ4n) is 1.75. The molecule has 1 radical (unpaired) electrons. The van der Waals surface area contributed by atoms with Crippen molar-refractivity contribution in [2.24, 2.45) is 5.73 Å². The molecule has 0 aromatic carbocycles. The lowest BCUT2D eigenvalue weighted by molar-refractivity contribution is 0.0989. The van der Waals surface area contributed by atoms with Crippen LogP contribution in [0.3, 0.4) is 0 Å². The SMILES string of the molecule is CCS(=O)(=O)N1CCc2[c]nc(C(N)=O)nc2C1. The van der Waals surface area contributed by atoms with Crippen LogP contribution in [0.15, 0.2) is 0 Å². The van der Waals surface area contributed by atoms with E-state index in [1.165, 1.54) is 4.31 Å². The largest absolute Gasteiger partial charge is 0.363 e. The van der Waals surface area contributed by atoms with Crippen LogP contribution in [0, 0.1) is 6.20 Å². The Balaban J connectivity index is 2.33. The Morgan fingerprint density at radius 1 is 1.56 bits per heavy atom. The normalized spacial score (nSPS) is 16.3. The molecule has 97 valence electrons. The van der Waals surface area contributed by atoms with Crippen molar-refractivity contribution in [2.45, 2.75) is 19.9 Å². The van der Waals surface area contributed by atoms with E-state index >= 15 is 0 Å². The summed E-state index contributed by atoms with van der Waals surface area (Å²) in [6.07, 6.45) is 3.19. The Bertz CT molecular complexity index is 585. The molecule has 2 heterocycles. The first kappa shape index (κ1) is 12.9. The van der Waals surface area contributed by atoms with Gasteiger partial charge in [0.25, 0.3) is 5.91 Å². The molecule has 0 unspecified atom stereocenters. The van der Waals surface area contributed by atoms with Gasteiger partial charge in [-0.15, -0.1) is 0 Å². The molecule has 1 aromatic rings. The number of primary amides is 1. The summed E-state index contributed by atoms with van der Waals surface area (Å²) in [6, 6.07) is 0. The maximum absolute atomic E-state index is 11.8. The zero-order valence-corrected chi connectivity index (χ0v) is 10.7. The van der Waals surface area contributed by atoms with E-state index in [4.69, 9.17) is 5.73 Å². The second kappa shape index (κ2) is 4.62. The predicted octanol–water partition coefficient (Wildman–Crippen LogP) is -0.917. The molecule has 2 N–H and O–H groups in total. The van der Waals surface area contributed by atoms with Crippen LogP contribution in [-0.2, 0) is 23.0 Å². The van der Waals surface area contributed by atoms with Gasteiger partial charge in [0.2, 0.25) is 15.8 Å². The highest BCUT2D eigenvalue weighted by molar-refractivity contribution is 7.89. The topological polar surface area (TPSA) is 106 Å². The van der Waals surface area contributed by atoms with Crippen LogP contribution in [0.4, 0.5) is 0 Å². The molecule has 0 bridgehead atoms. The van der Waals surface area contributed by atoms with E-state index in [0.29, 0.717) is 18.7 Å². The summed E-state index contributed by atoms with van der Waals surface area (Å²) >= 11 is 0. The predicted molar refractivity (Wildman–Crippen MR) is 63.0 cm³/mol. The lowest BCUT2D eigenvalue weighted by Gasteiger charge is -2.26. The molecular formula is C10H13N4O3S. The van der Waals surface area contributed by atoms with Gasteiger partial charge in [-0.3, -0.25) is 4.79 Å². The number of nitrogens with two attached hydrogens (primary N) is 1. The van der Waals surface area contributed by atoms with Gasteiger partial charge in [-0.05, 0) is 13.3 Å². The molecule has 2 rings (SSSR count). The number of fused-ring (bicyclic) bond motifs is 1. The van der Waals surface area contributed by atoms with E-state index in [-0.39, 0.29) is 18.1 Å². The van der Waals surface area contributed by atoms with Gasteiger partial charge in [0.15, 0.2) is 0 Å². The zero-order chi connectivity index (χ0) is 13.3. The van der Waals surface area contributed by atoms with Crippen molar-refractivity contribution in [2.75, 3.05) is 12.3 Å². The maximum Gasteiger partial charge on any atom is 0.286 e. The van der Waals surface area contributed by atoms with Gasteiger partial charge in [-0.2, -0.15) is 4.31 Å². The molecule has 0 saturated heterocycles. The second-order valence-electron chi connectivity index (χ2n) is 3.93. The van der Waals surface area contributed by atoms with E-state index < -0.39 is 15.9 Å². The third-order valence-electron chi connectivity index (χ3n) is 2.80. The first-order valence-electron chi connectivity index (χ1n) is 5.49. The van der Waals surface area contributed by atoms with Gasteiger partial charge in [-0.25, -0.2) is 18.4 Å². The van der Waals surface area contributed by atoms with Crippen molar-refractivity contribution >= 4 is 15.9 Å². The van der Waals surface area contributed by atoms with Crippen LogP contribution in [0.25, 0.3) is 0 Å². The van der Waals surface area contributed by atoms with Crippen LogP contribution < -0.4 is 5.73 Å². The second-order valence-corrected chi connectivity index (χ2v) is 6.19. The Labute approximate surface area is 105 Å². The number of carbonyl (C=O) groups is 1. The minimum atomic E-state index is -3.25. The Hall–Kier alpha value is -1.54. The molecule has 7 nitrogen and oxygen atoms in total. The lowest BCUT2D eigenvalue weighted by atomic mass is 10.1. The van der Waals surface area contributed by atoms with Gasteiger partial charge in [0.1, 0.15) is 0 Å². The van der Waals surface area contributed by atoms with Gasteiger partial charge >= 0.3 is 0 Å². The molecule has 0 saturated carbocycles. The average Bonchev–Trinajstić information content (AvgIpc) is 2.37. The average molecular weight is 269 g/mol. The van der Waals surface area contributed by atoms with Gasteiger partial charge in [0.05, 0.1) is 24.2 Å². The molecule has 0 spiro atoms. The Morgan fingerprint density at radius 3 is 2.89 bits per heavy atom. The summed E-state index contributed by atoms with van der Waals surface area (Å²) in [5, 5.41) is 0. The van der Waals surface area contributed by atoms with E-state index in [1.54, 1.807) is 6.92 Å². The lowest BCUT2D eigenvalue weighted by Crippen LogP contribution is -2.38. The first-order valence-corrected chi connectivity index (χ1v) is 7.10. The minimum Gasteiger partial charge on any atom is -0.363 e. The fourth-order valence-corrected chi connectivity index (χ4v) is 2.80. The maximum atomic E-state index is 11.8. The van der Waals surface area contributed by atoms with Crippen molar-refractivity contribution < 1.29 is 13.2 Å². The number of sulfonamides is 1. The standard InChI is InChI=1S/C10H13N4O3S/c1-2-18(16,17)14-4-3-7-5-12-10(9(11)15)13-8(7)6-14/h2-4,6H2,1H3,(H2,11,15). The van der Waals surface area contributed by atoms with Gasteiger partial charge in [-0.1, -0.05) is 0 Å². The van der Waals surface area contributed by atoms with Gasteiger partial charge < -0.3 is 5.73 Å². The summed E-state index contributed by atoms with van der Waals surface area (Å²) < 4.78 is 24.9. The first-order chi connectivity index (χ1) is 8.44. The Morgan fingerprint density at radius 2 is 2.28 bits per heavy atom. The molecule has 1 aromatic heterocycles. The molecule has 0 atom stereocenters. The number of carbonyl (C=O) groups excluding carboxylic acids is 1. The molecule has 0 aliphatic carbocycles. The third-order valence-corrected chi connectivity index (χ3v) is 4.63. The van der Waals surface area contributed by atoms with E-state index in [0.717, 1.165) is 5.56 Å². The van der Waals surface area contributed by atoms with Crippen LogP contribution in [-0.4, -0.2) is 40.9 Å². The fraction of sp³-hybridized carbons (Fsp3) is 0.500. The number of amides is 1. The molecule has 0 fully saturated rings. The Kier molecular flexibility index (Phi) is 3.31. The van der Waals surface area contributed by atoms with Crippen molar-refractivity contribution in [3.05, 3.63) is 23.3 Å². The van der Waals surface area contributed by atoms with E-state index in [9.17, 15) is 13.2 Å². The van der Waals surface area contributed by atoms with Crippen LogP contribution in [0.5, 0.6) is 0 Å². The highest BCUT2D eigenvalue weighted by Crippen LogP contribution is 2.18. The van der Waals surface area contributed by atoms with E-state index in [2.05, 4.69) is 16.2 Å². The van der Waals surface area contributed by atoms with Gasteiger partial charge in [0, 0.05) is 12.1 Å². The summed E-state index contributed by atoms with van der Waals surface area (Å²) in [5.74, 6) is -0.839. The quantitative estimate of drug-likeness (QED) is 0.764. The number of rotatable bonds is 3. The number of nitrogens with zero attached hydrogens (tertiary/aromatic N) is 3. The zero-order valence-electron chi connectivity index (χ0n) is 9.88. The molecule has 18 heavy (non-hydrogen) atoms. The number of hydrogen-bond donors (Lipinski definition) is 1. The molecular weight excluding hydrogens is 256 g/mol. The van der Waals surface area contributed by atoms with Crippen LogP contribution >= 0.6 is 0 Å². The summed E-state index contributed by atoms with van der Waals surface area (Å²) in [6.45, 7) is 2.12. The summed E-state index contributed by atoms with van der Waals surface area (Å²) in [7, 11) is -3.25. The number of hydrogen-bond acceptors (Lipinski definition) is 5. The highest BCUT2D eigenvalue weighted by atomic mass is 32.2. The monoisotopic (exact) mass is 269 g/mol. The van der Waals surface area contributed by atoms with Crippen molar-refractivity contribution in [3.63, 3.8) is 0 Å². The summed E-state index contributed by atoms with van der Waals surface area (Å²) in [4.78, 5) is 18.7. The summed E-state index contributed by atoms with van der Waals surface area (Å²) in [5.41, 5.74) is 6.32. The number of aromatic nitrogens is 2. The van der Waals surface area contributed by atoms with Crippen LogP contribution in [0.1, 0.15) is 28.8 Å². The van der Waals surface area contributed by atoms with Crippen LogP contribution in [0.2, 0.25) is 0 Å². The minimum absolute atomic E-state index is 0.0415. The molecule has 1 amide bonds. The molecule has 8 heteroatoms. The molecule has 1 aliphatic heterocycles. The highest BCUT2D eigenvalue weighted by Gasteiger charge is 2.27. The third kappa shape index (κ3) is 2.34. The van der Waals surface area contributed by atoms with Crippen molar-refractivity contribution in [1.82, 2.24) is 14.3 Å². The van der Waals surface area contributed by atoms with E-state index in [1.807, 2.05) is 0 Å². The van der Waals surface area contributed by atoms with Crippen molar-refractivity contribution in [3.8, 4) is 0 Å². The van der Waals surface area contributed by atoms with Crippen molar-refractivity contribution in [1.29, 1.82) is 0 Å².